The molecule has 0 bridgehead atoms. The van der Waals surface area contributed by atoms with Crippen molar-refractivity contribution in [3.63, 3.8) is 0 Å². The maximum absolute atomic E-state index is 11.9. The predicted molar refractivity (Wildman–Crippen MR) is 66.5 cm³/mol. The monoisotopic (exact) mass is 332 g/mol. The fourth-order valence-electron chi connectivity index (χ4n) is 1.59. The summed E-state index contributed by atoms with van der Waals surface area (Å²) in [7, 11) is 0. The van der Waals surface area contributed by atoms with Gasteiger partial charge in [0.15, 0.2) is 5.78 Å². The normalized spacial score (nSPS) is 15.6. The number of rotatable bonds is 3. The molecule has 0 fully saturated rings. The number of hydrogen-bond donors (Lipinski definition) is 0. The first kappa shape index (κ1) is 11.1. The Balaban J connectivity index is 2.26. The standard InChI is InChI=1S/C11H10Br2O2/c12-6-9(13)11(14)8-1-2-10-7(5-8)3-4-15-10/h1-2,5,9H,3-4,6H2. The zero-order valence-electron chi connectivity index (χ0n) is 8.00. The van der Waals surface area contributed by atoms with Gasteiger partial charge in [-0.25, -0.2) is 0 Å². The van der Waals surface area contributed by atoms with E-state index in [2.05, 4.69) is 31.9 Å². The zero-order valence-corrected chi connectivity index (χ0v) is 11.2. The number of hydrogen-bond acceptors (Lipinski definition) is 2. The Hall–Kier alpha value is -0.350. The van der Waals surface area contributed by atoms with E-state index in [9.17, 15) is 4.79 Å². The molecule has 15 heavy (non-hydrogen) atoms. The number of benzene rings is 1. The van der Waals surface area contributed by atoms with Gasteiger partial charge >= 0.3 is 0 Å². The Kier molecular flexibility index (Phi) is 3.46. The highest BCUT2D eigenvalue weighted by Crippen LogP contribution is 2.27. The summed E-state index contributed by atoms with van der Waals surface area (Å²) in [4.78, 5) is 11.7. The van der Waals surface area contributed by atoms with Crippen molar-refractivity contribution < 1.29 is 9.53 Å². The Morgan fingerprint density at radius 3 is 3.07 bits per heavy atom. The van der Waals surface area contributed by atoms with Crippen LogP contribution >= 0.6 is 31.9 Å². The van der Waals surface area contributed by atoms with Crippen LogP contribution in [-0.2, 0) is 6.42 Å². The molecular weight excluding hydrogens is 324 g/mol. The number of alkyl halides is 2. The lowest BCUT2D eigenvalue weighted by atomic mass is 10.0. The summed E-state index contributed by atoms with van der Waals surface area (Å²) in [6.07, 6.45) is 0.901. The molecule has 1 aromatic carbocycles. The summed E-state index contributed by atoms with van der Waals surface area (Å²) in [5, 5.41) is 0.624. The third kappa shape index (κ3) is 2.26. The van der Waals surface area contributed by atoms with Gasteiger partial charge in [0, 0.05) is 17.3 Å². The molecule has 4 heteroatoms. The summed E-state index contributed by atoms with van der Waals surface area (Å²) in [5.74, 6) is 1.03. The molecule has 1 aliphatic rings. The molecule has 1 heterocycles. The zero-order chi connectivity index (χ0) is 10.8. The van der Waals surface area contributed by atoms with Crippen LogP contribution in [0, 0.1) is 0 Å². The molecule has 0 saturated carbocycles. The summed E-state index contributed by atoms with van der Waals surface area (Å²) in [5.41, 5.74) is 1.88. The van der Waals surface area contributed by atoms with Gasteiger partial charge < -0.3 is 4.74 Å². The van der Waals surface area contributed by atoms with E-state index in [0.29, 0.717) is 5.33 Å². The summed E-state index contributed by atoms with van der Waals surface area (Å²) >= 11 is 6.61. The smallest absolute Gasteiger partial charge is 0.177 e. The number of carbonyl (C=O) groups excluding carboxylic acids is 1. The predicted octanol–water partition coefficient (Wildman–Crippen LogP) is 2.96. The van der Waals surface area contributed by atoms with Crippen LogP contribution < -0.4 is 4.74 Å². The van der Waals surface area contributed by atoms with Crippen LogP contribution in [-0.4, -0.2) is 22.5 Å². The second-order valence-electron chi connectivity index (χ2n) is 3.41. The van der Waals surface area contributed by atoms with Crippen LogP contribution in [0.25, 0.3) is 0 Å². The largest absolute Gasteiger partial charge is 0.493 e. The van der Waals surface area contributed by atoms with E-state index in [1.807, 2.05) is 18.2 Å². The van der Waals surface area contributed by atoms with Gasteiger partial charge in [-0.15, -0.1) is 0 Å². The molecule has 1 atom stereocenters. The lowest BCUT2D eigenvalue weighted by molar-refractivity contribution is 0.0997. The molecule has 1 aromatic rings. The fourth-order valence-corrected chi connectivity index (χ4v) is 2.15. The van der Waals surface area contributed by atoms with E-state index in [-0.39, 0.29) is 10.6 Å². The molecule has 2 rings (SSSR count). The topological polar surface area (TPSA) is 26.3 Å². The maximum atomic E-state index is 11.9. The molecular formula is C11H10Br2O2. The highest BCUT2D eigenvalue weighted by atomic mass is 79.9. The van der Waals surface area contributed by atoms with E-state index in [0.717, 1.165) is 29.9 Å². The highest BCUT2D eigenvalue weighted by Gasteiger charge is 2.19. The third-order valence-corrected chi connectivity index (χ3v) is 4.65. The number of carbonyl (C=O) groups is 1. The van der Waals surface area contributed by atoms with E-state index in [1.54, 1.807) is 0 Å². The SMILES string of the molecule is O=C(c1ccc2c(c1)CCO2)C(Br)CBr. The number of halogens is 2. The summed E-state index contributed by atoms with van der Waals surface area (Å²) in [6, 6.07) is 5.63. The molecule has 0 saturated heterocycles. The number of ketones is 1. The first-order chi connectivity index (χ1) is 7.22. The van der Waals surface area contributed by atoms with Gasteiger partial charge in [-0.05, 0) is 23.8 Å². The molecule has 0 radical (unpaired) electrons. The van der Waals surface area contributed by atoms with Gasteiger partial charge in [-0.1, -0.05) is 31.9 Å². The van der Waals surface area contributed by atoms with E-state index >= 15 is 0 Å². The minimum absolute atomic E-state index is 0.113. The molecule has 1 unspecified atom stereocenters. The Bertz CT molecular complexity index is 390. The summed E-state index contributed by atoms with van der Waals surface area (Å²) < 4.78 is 5.39. The first-order valence-electron chi connectivity index (χ1n) is 4.72. The quantitative estimate of drug-likeness (QED) is 0.628. The second kappa shape index (κ2) is 4.66. The number of Topliss-reactive ketones (excluding diaryl/α,β-unsaturated/α-hetero) is 1. The van der Waals surface area contributed by atoms with Gasteiger partial charge in [0.05, 0.1) is 11.4 Å². The molecule has 1 aliphatic heterocycles. The lowest BCUT2D eigenvalue weighted by Gasteiger charge is -2.06. The van der Waals surface area contributed by atoms with E-state index < -0.39 is 0 Å². The van der Waals surface area contributed by atoms with Crippen molar-refractivity contribution in [3.05, 3.63) is 29.3 Å². The van der Waals surface area contributed by atoms with Crippen LogP contribution in [0.1, 0.15) is 15.9 Å². The summed E-state index contributed by atoms with van der Waals surface area (Å²) in [6.45, 7) is 0.725. The molecule has 0 amide bonds. The van der Waals surface area contributed by atoms with Crippen molar-refractivity contribution >= 4 is 37.6 Å². The van der Waals surface area contributed by atoms with Gasteiger partial charge in [-0.2, -0.15) is 0 Å². The molecule has 0 spiro atoms. The van der Waals surface area contributed by atoms with E-state index in [1.165, 1.54) is 0 Å². The molecule has 80 valence electrons. The minimum atomic E-state index is -0.155. The van der Waals surface area contributed by atoms with Crippen LogP contribution in [0.15, 0.2) is 18.2 Å². The van der Waals surface area contributed by atoms with Crippen LogP contribution in [0.4, 0.5) is 0 Å². The van der Waals surface area contributed by atoms with Gasteiger partial charge in [0.2, 0.25) is 0 Å². The second-order valence-corrected chi connectivity index (χ2v) is 5.16. The average molecular weight is 334 g/mol. The Morgan fingerprint density at radius 2 is 2.33 bits per heavy atom. The van der Waals surface area contributed by atoms with Gasteiger partial charge in [0.1, 0.15) is 5.75 Å². The van der Waals surface area contributed by atoms with Crippen molar-refractivity contribution in [2.24, 2.45) is 0 Å². The highest BCUT2D eigenvalue weighted by molar-refractivity contribution is 9.12. The average Bonchev–Trinajstić information content (AvgIpc) is 2.73. The molecule has 0 aromatic heterocycles. The van der Waals surface area contributed by atoms with Crippen molar-refractivity contribution in [1.29, 1.82) is 0 Å². The fraction of sp³-hybridized carbons (Fsp3) is 0.364. The molecule has 0 N–H and O–H groups in total. The van der Waals surface area contributed by atoms with Crippen molar-refractivity contribution in [2.75, 3.05) is 11.9 Å². The van der Waals surface area contributed by atoms with Gasteiger partial charge in [-0.3, -0.25) is 4.79 Å². The molecule has 0 aliphatic carbocycles. The van der Waals surface area contributed by atoms with Crippen LogP contribution in [0.2, 0.25) is 0 Å². The third-order valence-electron chi connectivity index (χ3n) is 2.39. The van der Waals surface area contributed by atoms with Crippen molar-refractivity contribution in [3.8, 4) is 5.75 Å². The van der Waals surface area contributed by atoms with Gasteiger partial charge in [0.25, 0.3) is 0 Å². The number of ether oxygens (including phenoxy) is 1. The number of fused-ring (bicyclic) bond motifs is 1. The Labute approximate surface area is 105 Å². The first-order valence-corrected chi connectivity index (χ1v) is 6.76. The molecule has 2 nitrogen and oxygen atoms in total. The van der Waals surface area contributed by atoms with Crippen molar-refractivity contribution in [2.45, 2.75) is 11.2 Å². The van der Waals surface area contributed by atoms with Crippen LogP contribution in [0.5, 0.6) is 5.75 Å². The van der Waals surface area contributed by atoms with E-state index in [4.69, 9.17) is 4.74 Å². The van der Waals surface area contributed by atoms with Crippen LogP contribution in [0.3, 0.4) is 0 Å². The van der Waals surface area contributed by atoms with Crippen molar-refractivity contribution in [1.82, 2.24) is 0 Å². The minimum Gasteiger partial charge on any atom is -0.493 e. The Morgan fingerprint density at radius 1 is 1.53 bits per heavy atom. The maximum Gasteiger partial charge on any atom is 0.177 e. The lowest BCUT2D eigenvalue weighted by Crippen LogP contribution is -2.15.